The van der Waals surface area contributed by atoms with E-state index in [9.17, 15) is 5.11 Å². The fourth-order valence-electron chi connectivity index (χ4n) is 1.60. The highest BCUT2D eigenvalue weighted by Gasteiger charge is 2.21. The zero-order chi connectivity index (χ0) is 8.10. The zero-order valence-electron chi connectivity index (χ0n) is 6.52. The van der Waals surface area contributed by atoms with Crippen molar-refractivity contribution in [1.29, 1.82) is 0 Å². The summed E-state index contributed by atoms with van der Waals surface area (Å²) in [6.45, 7) is 0. The smallest absolute Gasteiger partial charge is 0.0577 e. The van der Waals surface area contributed by atoms with Crippen LogP contribution in [0.1, 0.15) is 32.1 Å². The van der Waals surface area contributed by atoms with Gasteiger partial charge in [-0.15, -0.1) is 0 Å². The Morgan fingerprint density at radius 2 is 2.09 bits per heavy atom. The Balaban J connectivity index is 2.33. The number of rotatable bonds is 1. The third kappa shape index (κ3) is 2.84. The van der Waals surface area contributed by atoms with Gasteiger partial charge < -0.3 is 5.11 Å². The van der Waals surface area contributed by atoms with Gasteiger partial charge in [0.1, 0.15) is 0 Å². The van der Waals surface area contributed by atoms with Crippen molar-refractivity contribution in [3.63, 3.8) is 0 Å². The average molecular weight is 217 g/mol. The third-order valence-electron chi connectivity index (χ3n) is 2.30. The Morgan fingerprint density at radius 1 is 1.36 bits per heavy atom. The average Bonchev–Trinajstić information content (AvgIpc) is 2.03. The highest BCUT2D eigenvalue weighted by molar-refractivity contribution is 9.12. The van der Waals surface area contributed by atoms with Gasteiger partial charge in [0.15, 0.2) is 0 Å². The topological polar surface area (TPSA) is 20.2 Å². The van der Waals surface area contributed by atoms with E-state index in [2.05, 4.69) is 26.7 Å². The Hall–Kier alpha value is 0. The summed E-state index contributed by atoms with van der Waals surface area (Å²) in [6, 6.07) is 0. The van der Waals surface area contributed by atoms with Crippen LogP contribution in [-0.4, -0.2) is 11.2 Å². The zero-order valence-corrected chi connectivity index (χ0v) is 8.10. The van der Waals surface area contributed by atoms with E-state index in [4.69, 9.17) is 0 Å². The molecule has 2 atom stereocenters. The van der Waals surface area contributed by atoms with Crippen molar-refractivity contribution >= 4 is 15.9 Å². The summed E-state index contributed by atoms with van der Waals surface area (Å²) in [5.41, 5.74) is 0. The summed E-state index contributed by atoms with van der Waals surface area (Å²) in [6.07, 6.45) is 5.28. The standard InChI is InChI=1S/C9H13BrO/c10-7-3-5-8-4-1-2-6-9(8)11/h8-9,11H,1-2,4-6H2/t8-,9+/m0/s1. The molecule has 1 saturated carbocycles. The van der Waals surface area contributed by atoms with Crippen LogP contribution in [0.4, 0.5) is 0 Å². The van der Waals surface area contributed by atoms with Gasteiger partial charge in [0.2, 0.25) is 0 Å². The summed E-state index contributed by atoms with van der Waals surface area (Å²) >= 11 is 3.05. The molecule has 0 aromatic rings. The fourth-order valence-corrected chi connectivity index (χ4v) is 1.76. The molecular weight excluding hydrogens is 204 g/mol. The first kappa shape index (κ1) is 9.09. The largest absolute Gasteiger partial charge is 0.393 e. The SMILES string of the molecule is O[C@@H]1CCCC[C@H]1CC#CBr. The van der Waals surface area contributed by atoms with E-state index in [1.54, 1.807) is 0 Å². The van der Waals surface area contributed by atoms with Gasteiger partial charge in [0.05, 0.1) is 6.10 Å². The monoisotopic (exact) mass is 216 g/mol. The van der Waals surface area contributed by atoms with Crippen LogP contribution in [0.25, 0.3) is 0 Å². The molecule has 0 radical (unpaired) electrons. The van der Waals surface area contributed by atoms with Crippen LogP contribution in [0.2, 0.25) is 0 Å². The molecule has 0 amide bonds. The Morgan fingerprint density at radius 3 is 2.73 bits per heavy atom. The van der Waals surface area contributed by atoms with Gasteiger partial charge in [-0.25, -0.2) is 0 Å². The summed E-state index contributed by atoms with van der Waals surface area (Å²) in [5, 5.41) is 9.51. The lowest BCUT2D eigenvalue weighted by molar-refractivity contribution is 0.0725. The first-order valence-corrected chi connectivity index (χ1v) is 4.90. The molecule has 1 rings (SSSR count). The lowest BCUT2D eigenvalue weighted by Gasteiger charge is -2.25. The van der Waals surface area contributed by atoms with Crippen molar-refractivity contribution in [3.05, 3.63) is 0 Å². The van der Waals surface area contributed by atoms with Crippen molar-refractivity contribution < 1.29 is 5.11 Å². The van der Waals surface area contributed by atoms with Crippen molar-refractivity contribution in [2.45, 2.75) is 38.2 Å². The molecule has 0 heterocycles. The molecule has 2 heteroatoms. The minimum atomic E-state index is -0.0999. The summed E-state index contributed by atoms with van der Waals surface area (Å²) < 4.78 is 0. The highest BCUT2D eigenvalue weighted by atomic mass is 79.9. The molecule has 0 aromatic carbocycles. The predicted octanol–water partition coefficient (Wildman–Crippen LogP) is 2.28. The molecule has 0 unspecified atom stereocenters. The van der Waals surface area contributed by atoms with Gasteiger partial charge in [-0.05, 0) is 23.6 Å². The van der Waals surface area contributed by atoms with E-state index in [-0.39, 0.29) is 6.10 Å². The third-order valence-corrected chi connectivity index (χ3v) is 2.58. The fraction of sp³-hybridized carbons (Fsp3) is 0.778. The van der Waals surface area contributed by atoms with Crippen molar-refractivity contribution in [3.8, 4) is 10.8 Å². The van der Waals surface area contributed by atoms with Gasteiger partial charge in [0, 0.05) is 22.4 Å². The van der Waals surface area contributed by atoms with E-state index in [0.717, 1.165) is 19.3 Å². The highest BCUT2D eigenvalue weighted by Crippen LogP contribution is 2.26. The van der Waals surface area contributed by atoms with E-state index in [0.29, 0.717) is 5.92 Å². The van der Waals surface area contributed by atoms with Crippen LogP contribution in [0, 0.1) is 16.7 Å². The van der Waals surface area contributed by atoms with Gasteiger partial charge in [-0.3, -0.25) is 0 Å². The number of aliphatic hydroxyl groups excluding tert-OH is 1. The maximum Gasteiger partial charge on any atom is 0.0577 e. The molecule has 1 aliphatic rings. The minimum absolute atomic E-state index is 0.0999. The lowest BCUT2D eigenvalue weighted by atomic mass is 9.85. The van der Waals surface area contributed by atoms with E-state index in [1.165, 1.54) is 12.8 Å². The number of hydrogen-bond donors (Lipinski definition) is 1. The number of halogens is 1. The van der Waals surface area contributed by atoms with Crippen LogP contribution in [0.3, 0.4) is 0 Å². The normalized spacial score (nSPS) is 30.7. The Bertz CT molecular complexity index is 168. The molecule has 0 aliphatic heterocycles. The molecule has 0 saturated heterocycles. The van der Waals surface area contributed by atoms with Crippen LogP contribution in [0.15, 0.2) is 0 Å². The molecule has 0 aromatic heterocycles. The lowest BCUT2D eigenvalue weighted by Crippen LogP contribution is -2.23. The molecular formula is C9H13BrO. The molecule has 0 spiro atoms. The van der Waals surface area contributed by atoms with Crippen LogP contribution < -0.4 is 0 Å². The Labute approximate surface area is 76.3 Å². The van der Waals surface area contributed by atoms with Gasteiger partial charge in [-0.2, -0.15) is 0 Å². The van der Waals surface area contributed by atoms with E-state index in [1.807, 2.05) is 0 Å². The molecule has 0 bridgehead atoms. The number of aliphatic hydroxyl groups is 1. The molecule has 1 N–H and O–H groups in total. The molecule has 62 valence electrons. The summed E-state index contributed by atoms with van der Waals surface area (Å²) in [4.78, 5) is 2.69. The maximum absolute atomic E-state index is 9.51. The second kappa shape index (κ2) is 4.79. The van der Waals surface area contributed by atoms with Crippen LogP contribution in [0.5, 0.6) is 0 Å². The number of hydrogen-bond acceptors (Lipinski definition) is 1. The van der Waals surface area contributed by atoms with Crippen LogP contribution >= 0.6 is 15.9 Å². The second-order valence-corrected chi connectivity index (χ2v) is 3.48. The van der Waals surface area contributed by atoms with Gasteiger partial charge in [0.25, 0.3) is 0 Å². The first-order valence-electron chi connectivity index (χ1n) is 4.11. The van der Waals surface area contributed by atoms with Crippen LogP contribution in [-0.2, 0) is 0 Å². The first-order chi connectivity index (χ1) is 5.34. The molecule has 11 heavy (non-hydrogen) atoms. The summed E-state index contributed by atoms with van der Waals surface area (Å²) in [5.74, 6) is 3.38. The Kier molecular flexibility index (Phi) is 3.96. The quantitative estimate of drug-likeness (QED) is 0.668. The van der Waals surface area contributed by atoms with Crippen molar-refractivity contribution in [1.82, 2.24) is 0 Å². The second-order valence-electron chi connectivity index (χ2n) is 3.09. The van der Waals surface area contributed by atoms with Gasteiger partial charge in [-0.1, -0.05) is 18.8 Å². The predicted molar refractivity (Wildman–Crippen MR) is 49.3 cm³/mol. The summed E-state index contributed by atoms with van der Waals surface area (Å²) in [7, 11) is 0. The van der Waals surface area contributed by atoms with E-state index < -0.39 is 0 Å². The minimum Gasteiger partial charge on any atom is -0.393 e. The van der Waals surface area contributed by atoms with Crippen molar-refractivity contribution in [2.75, 3.05) is 0 Å². The van der Waals surface area contributed by atoms with Crippen molar-refractivity contribution in [2.24, 2.45) is 5.92 Å². The molecule has 1 fully saturated rings. The maximum atomic E-state index is 9.51. The molecule has 1 aliphatic carbocycles. The van der Waals surface area contributed by atoms with Gasteiger partial charge >= 0.3 is 0 Å². The van der Waals surface area contributed by atoms with E-state index >= 15 is 0 Å². The molecule has 1 nitrogen and oxygen atoms in total.